The van der Waals surface area contributed by atoms with Crippen LogP contribution in [0.15, 0.2) is 16.7 Å². The first-order chi connectivity index (χ1) is 7.17. The van der Waals surface area contributed by atoms with Gasteiger partial charge in [-0.25, -0.2) is 4.98 Å². The zero-order chi connectivity index (χ0) is 11.3. The van der Waals surface area contributed by atoms with Crippen LogP contribution < -0.4 is 11.1 Å². The van der Waals surface area contributed by atoms with Gasteiger partial charge >= 0.3 is 0 Å². The molecule has 3 N–H and O–H groups in total. The number of terminal acetylenes is 1. The van der Waals surface area contributed by atoms with Gasteiger partial charge in [-0.1, -0.05) is 19.3 Å². The van der Waals surface area contributed by atoms with Crippen molar-refractivity contribution in [1.82, 2.24) is 4.98 Å². The second kappa shape index (κ2) is 5.62. The number of nitrogen functional groups attached to an aromatic ring is 1. The Bertz CT molecular complexity index is 371. The third kappa shape index (κ3) is 3.45. The first kappa shape index (κ1) is 11.9. The summed E-state index contributed by atoms with van der Waals surface area (Å²) in [7, 11) is 0. The molecule has 1 unspecified atom stereocenters. The first-order valence-corrected chi connectivity index (χ1v) is 5.60. The normalized spacial score (nSPS) is 11.8. The Kier molecular flexibility index (Phi) is 4.44. The molecule has 1 rings (SSSR count). The molecular weight excluding hydrogens is 254 g/mol. The van der Waals surface area contributed by atoms with E-state index in [1.807, 2.05) is 0 Å². The van der Waals surface area contributed by atoms with E-state index in [1.54, 1.807) is 12.3 Å². The van der Waals surface area contributed by atoms with Crippen LogP contribution in [-0.4, -0.2) is 11.0 Å². The minimum absolute atomic E-state index is 0.00836. The van der Waals surface area contributed by atoms with E-state index in [4.69, 9.17) is 12.2 Å². The molecule has 0 bridgehead atoms. The topological polar surface area (TPSA) is 50.9 Å². The van der Waals surface area contributed by atoms with Crippen LogP contribution in [-0.2, 0) is 0 Å². The average Bonchev–Trinajstić information content (AvgIpc) is 2.21. The number of hydrogen-bond acceptors (Lipinski definition) is 3. The van der Waals surface area contributed by atoms with Crippen molar-refractivity contribution in [1.29, 1.82) is 0 Å². The van der Waals surface area contributed by atoms with Gasteiger partial charge in [0.1, 0.15) is 5.82 Å². The van der Waals surface area contributed by atoms with Gasteiger partial charge in [-0.3, -0.25) is 0 Å². The van der Waals surface area contributed by atoms with Crippen molar-refractivity contribution >= 4 is 27.4 Å². The molecule has 1 heterocycles. The molecule has 0 aliphatic rings. The fourth-order valence-electron chi connectivity index (χ4n) is 1.23. The van der Waals surface area contributed by atoms with Crippen LogP contribution in [0.3, 0.4) is 0 Å². The molecule has 0 fully saturated rings. The van der Waals surface area contributed by atoms with Gasteiger partial charge in [0.05, 0.1) is 11.7 Å². The summed E-state index contributed by atoms with van der Waals surface area (Å²) in [6.45, 7) is 2.09. The molecule has 4 heteroatoms. The van der Waals surface area contributed by atoms with E-state index >= 15 is 0 Å². The van der Waals surface area contributed by atoms with Gasteiger partial charge in [0, 0.05) is 10.7 Å². The standard InChI is InChI=1S/C11H14BrN3/c1-3-5-9(4-2)15-11-10(13)6-8(12)7-14-11/h2,6-7,9H,3,5,13H2,1H3,(H,14,15). The zero-order valence-electron chi connectivity index (χ0n) is 8.63. The SMILES string of the molecule is C#CC(CCC)Nc1ncc(Br)cc1N. The number of aromatic nitrogens is 1. The van der Waals surface area contributed by atoms with Crippen molar-refractivity contribution in [2.45, 2.75) is 25.8 Å². The fourth-order valence-corrected chi connectivity index (χ4v) is 1.58. The quantitative estimate of drug-likeness (QED) is 0.825. The Balaban J connectivity index is 2.76. The van der Waals surface area contributed by atoms with Crippen LogP contribution in [0.5, 0.6) is 0 Å². The molecule has 1 atom stereocenters. The lowest BCUT2D eigenvalue weighted by molar-refractivity contribution is 0.753. The number of nitrogens with one attached hydrogen (secondary N) is 1. The largest absolute Gasteiger partial charge is 0.396 e. The molecule has 1 aromatic rings. The third-order valence-corrected chi connectivity index (χ3v) is 2.41. The smallest absolute Gasteiger partial charge is 0.150 e. The lowest BCUT2D eigenvalue weighted by Crippen LogP contribution is -2.18. The molecule has 0 spiro atoms. The Morgan fingerprint density at radius 2 is 2.47 bits per heavy atom. The molecule has 0 aromatic carbocycles. The number of halogens is 1. The maximum atomic E-state index is 5.80. The molecule has 80 valence electrons. The number of rotatable bonds is 4. The van der Waals surface area contributed by atoms with E-state index in [1.165, 1.54) is 0 Å². The highest BCUT2D eigenvalue weighted by atomic mass is 79.9. The van der Waals surface area contributed by atoms with Gasteiger partial charge < -0.3 is 11.1 Å². The van der Waals surface area contributed by atoms with Gasteiger partial charge in [-0.05, 0) is 28.4 Å². The third-order valence-electron chi connectivity index (χ3n) is 1.97. The van der Waals surface area contributed by atoms with Crippen molar-refractivity contribution in [3.63, 3.8) is 0 Å². The van der Waals surface area contributed by atoms with E-state index in [0.29, 0.717) is 11.5 Å². The Labute approximate surface area is 98.6 Å². The van der Waals surface area contributed by atoms with E-state index in [0.717, 1.165) is 17.3 Å². The second-order valence-electron chi connectivity index (χ2n) is 3.24. The summed E-state index contributed by atoms with van der Waals surface area (Å²) in [5.74, 6) is 3.32. The zero-order valence-corrected chi connectivity index (χ0v) is 10.2. The summed E-state index contributed by atoms with van der Waals surface area (Å²) in [5, 5.41) is 3.13. The summed E-state index contributed by atoms with van der Waals surface area (Å²) in [6, 6.07) is 1.79. The van der Waals surface area contributed by atoms with Crippen LogP contribution in [0.4, 0.5) is 11.5 Å². The highest BCUT2D eigenvalue weighted by Gasteiger charge is 2.07. The highest BCUT2D eigenvalue weighted by molar-refractivity contribution is 9.10. The van der Waals surface area contributed by atoms with E-state index in [9.17, 15) is 0 Å². The first-order valence-electron chi connectivity index (χ1n) is 4.81. The molecule has 0 aliphatic carbocycles. The fraction of sp³-hybridized carbons (Fsp3) is 0.364. The van der Waals surface area contributed by atoms with E-state index in [2.05, 4.69) is 39.1 Å². The molecule has 3 nitrogen and oxygen atoms in total. The average molecular weight is 268 g/mol. The van der Waals surface area contributed by atoms with Gasteiger partial charge in [-0.15, -0.1) is 6.42 Å². The van der Waals surface area contributed by atoms with Crippen LogP contribution >= 0.6 is 15.9 Å². The van der Waals surface area contributed by atoms with Crippen LogP contribution in [0.25, 0.3) is 0 Å². The van der Waals surface area contributed by atoms with E-state index in [-0.39, 0.29) is 6.04 Å². The van der Waals surface area contributed by atoms with Crippen molar-refractivity contribution in [2.24, 2.45) is 0 Å². The predicted octanol–water partition coefficient (Wildman–Crippen LogP) is 2.64. The van der Waals surface area contributed by atoms with Crippen molar-refractivity contribution in [3.8, 4) is 12.3 Å². The Morgan fingerprint density at radius 3 is 3.00 bits per heavy atom. The number of nitrogens with zero attached hydrogens (tertiary/aromatic N) is 1. The summed E-state index contributed by atoms with van der Waals surface area (Å²) in [6.07, 6.45) is 9.03. The van der Waals surface area contributed by atoms with Crippen LogP contribution in [0.1, 0.15) is 19.8 Å². The summed E-state index contributed by atoms with van der Waals surface area (Å²) in [5.41, 5.74) is 6.39. The van der Waals surface area contributed by atoms with Gasteiger partial charge in [0.25, 0.3) is 0 Å². The summed E-state index contributed by atoms with van der Waals surface area (Å²) < 4.78 is 0.860. The monoisotopic (exact) mass is 267 g/mol. The number of pyridine rings is 1. The van der Waals surface area contributed by atoms with Crippen molar-refractivity contribution in [3.05, 3.63) is 16.7 Å². The molecule has 0 saturated heterocycles. The van der Waals surface area contributed by atoms with Crippen LogP contribution in [0.2, 0.25) is 0 Å². The maximum absolute atomic E-state index is 5.80. The molecule has 0 radical (unpaired) electrons. The van der Waals surface area contributed by atoms with Gasteiger partial charge in [-0.2, -0.15) is 0 Å². The summed E-state index contributed by atoms with van der Waals surface area (Å²) >= 11 is 3.30. The lowest BCUT2D eigenvalue weighted by atomic mass is 10.2. The maximum Gasteiger partial charge on any atom is 0.150 e. The van der Waals surface area contributed by atoms with Crippen molar-refractivity contribution < 1.29 is 0 Å². The molecule has 1 aromatic heterocycles. The molecular formula is C11H14BrN3. The molecule has 15 heavy (non-hydrogen) atoms. The number of anilines is 2. The minimum atomic E-state index is -0.00836. The van der Waals surface area contributed by atoms with Gasteiger partial charge in [0.15, 0.2) is 0 Å². The predicted molar refractivity (Wildman–Crippen MR) is 67.5 cm³/mol. The highest BCUT2D eigenvalue weighted by Crippen LogP contribution is 2.20. The number of nitrogens with two attached hydrogens (primary N) is 1. The Hall–Kier alpha value is -1.21. The van der Waals surface area contributed by atoms with Crippen LogP contribution in [0, 0.1) is 12.3 Å². The molecule has 0 aliphatic heterocycles. The second-order valence-corrected chi connectivity index (χ2v) is 4.16. The Morgan fingerprint density at radius 1 is 1.73 bits per heavy atom. The lowest BCUT2D eigenvalue weighted by Gasteiger charge is -2.14. The van der Waals surface area contributed by atoms with Gasteiger partial charge in [0.2, 0.25) is 0 Å². The molecule has 0 saturated carbocycles. The minimum Gasteiger partial charge on any atom is -0.396 e. The summed E-state index contributed by atoms with van der Waals surface area (Å²) in [4.78, 5) is 4.17. The van der Waals surface area contributed by atoms with Crippen molar-refractivity contribution in [2.75, 3.05) is 11.1 Å². The van der Waals surface area contributed by atoms with E-state index < -0.39 is 0 Å². The molecule has 0 amide bonds. The number of hydrogen-bond donors (Lipinski definition) is 2.